The van der Waals surface area contributed by atoms with Crippen molar-refractivity contribution in [1.29, 1.82) is 0 Å². The fraction of sp³-hybridized carbons (Fsp3) is 0.250. The van der Waals surface area contributed by atoms with E-state index in [1.54, 1.807) is 22.9 Å². The standard InChI is InChI=1S/C16H17N4O2S2.Ir/c1-4-14-11(2)10-20(18-14)16-15(17-12(3)23-16)19-24(21,22)13-8-6-5-7-9-13;/h5-10H,4H2,1-3H3;/q-1;. The summed E-state index contributed by atoms with van der Waals surface area (Å²) < 4.78 is 30.6. The Bertz CT molecular complexity index is 965. The van der Waals surface area contributed by atoms with E-state index in [-0.39, 0.29) is 30.8 Å². The quantitative estimate of drug-likeness (QED) is 0.480. The minimum Gasteiger partial charge on any atom is -0.428 e. The Morgan fingerprint density at radius 1 is 1.20 bits per heavy atom. The molecular weight excluding hydrogens is 537 g/mol. The fourth-order valence-corrected chi connectivity index (χ4v) is 4.12. The second-order valence-electron chi connectivity index (χ2n) is 5.30. The molecule has 0 saturated heterocycles. The molecule has 2 heterocycles. The smallest absolute Gasteiger partial charge is 0.202 e. The number of hydrogen-bond acceptors (Lipinski definition) is 5. The molecule has 0 amide bonds. The summed E-state index contributed by atoms with van der Waals surface area (Å²) in [5.74, 6) is 0.173. The van der Waals surface area contributed by atoms with Crippen LogP contribution in [0.5, 0.6) is 0 Å². The van der Waals surface area contributed by atoms with Crippen molar-refractivity contribution in [3.8, 4) is 5.00 Å². The van der Waals surface area contributed by atoms with Gasteiger partial charge in [-0.3, -0.25) is 0 Å². The summed E-state index contributed by atoms with van der Waals surface area (Å²) in [6.07, 6.45) is 2.69. The molecule has 0 N–H and O–H groups in total. The van der Waals surface area contributed by atoms with Gasteiger partial charge < -0.3 is 9.71 Å². The molecular formula is C16H17IrN4O2S2-. The molecule has 3 rings (SSSR count). The van der Waals surface area contributed by atoms with Gasteiger partial charge in [-0.05, 0) is 48.8 Å². The van der Waals surface area contributed by atoms with Crippen LogP contribution in [0, 0.1) is 13.8 Å². The molecule has 135 valence electrons. The second-order valence-corrected chi connectivity index (χ2v) is 8.08. The first-order valence-corrected chi connectivity index (χ1v) is 9.72. The third-order valence-electron chi connectivity index (χ3n) is 3.49. The molecule has 1 radical (unpaired) electrons. The summed E-state index contributed by atoms with van der Waals surface area (Å²) in [6.45, 7) is 5.83. The Labute approximate surface area is 164 Å². The van der Waals surface area contributed by atoms with E-state index in [4.69, 9.17) is 0 Å². The van der Waals surface area contributed by atoms with Crippen molar-refractivity contribution < 1.29 is 28.5 Å². The van der Waals surface area contributed by atoms with Crippen molar-refractivity contribution in [1.82, 2.24) is 14.8 Å². The maximum absolute atomic E-state index is 12.5. The van der Waals surface area contributed by atoms with E-state index in [0.29, 0.717) is 5.00 Å². The van der Waals surface area contributed by atoms with Crippen LogP contribution in [0.25, 0.3) is 9.72 Å². The molecule has 0 unspecified atom stereocenters. The van der Waals surface area contributed by atoms with Crippen LogP contribution >= 0.6 is 11.3 Å². The molecule has 0 spiro atoms. The number of nitrogens with zero attached hydrogens (tertiary/aromatic N) is 4. The van der Waals surface area contributed by atoms with E-state index in [9.17, 15) is 8.42 Å². The topological polar surface area (TPSA) is 79.0 Å². The Balaban J connectivity index is 0.00000225. The van der Waals surface area contributed by atoms with Gasteiger partial charge >= 0.3 is 0 Å². The van der Waals surface area contributed by atoms with Crippen LogP contribution in [0.4, 0.5) is 5.82 Å². The molecule has 0 saturated carbocycles. The number of thiazole rings is 1. The van der Waals surface area contributed by atoms with Crippen LogP contribution in [0.2, 0.25) is 0 Å². The summed E-state index contributed by atoms with van der Waals surface area (Å²) >= 11 is 1.37. The van der Waals surface area contributed by atoms with Gasteiger partial charge in [0.25, 0.3) is 0 Å². The minimum atomic E-state index is -3.81. The SMILES string of the molecule is CCc1nn(-c2sc(C)nc2[N-]S(=O)(=O)c2ccccc2)cc1C.[Ir]. The van der Waals surface area contributed by atoms with Crippen LogP contribution in [-0.4, -0.2) is 23.2 Å². The van der Waals surface area contributed by atoms with Crippen molar-refractivity contribution in [3.63, 3.8) is 0 Å². The summed E-state index contributed by atoms with van der Waals surface area (Å²) in [6, 6.07) is 8.13. The molecule has 0 atom stereocenters. The summed E-state index contributed by atoms with van der Waals surface area (Å²) in [4.78, 5) is 4.42. The van der Waals surface area contributed by atoms with Crippen molar-refractivity contribution in [2.45, 2.75) is 32.1 Å². The molecule has 0 bridgehead atoms. The number of hydrogen-bond donors (Lipinski definition) is 0. The monoisotopic (exact) mass is 554 g/mol. The van der Waals surface area contributed by atoms with Gasteiger partial charge in [0.2, 0.25) is 10.0 Å². The second kappa shape index (κ2) is 7.78. The third kappa shape index (κ3) is 4.17. The predicted molar refractivity (Wildman–Crippen MR) is 94.7 cm³/mol. The molecule has 0 fully saturated rings. The Morgan fingerprint density at radius 2 is 1.88 bits per heavy atom. The van der Waals surface area contributed by atoms with E-state index in [1.807, 2.05) is 27.0 Å². The van der Waals surface area contributed by atoms with Gasteiger partial charge in [-0.1, -0.05) is 25.1 Å². The van der Waals surface area contributed by atoms with Crippen molar-refractivity contribution in [2.75, 3.05) is 0 Å². The normalized spacial score (nSPS) is 11.2. The molecule has 1 aromatic carbocycles. The molecule has 2 aromatic heterocycles. The van der Waals surface area contributed by atoms with Gasteiger partial charge in [-0.15, -0.1) is 11.3 Å². The zero-order valence-electron chi connectivity index (χ0n) is 13.9. The van der Waals surface area contributed by atoms with Gasteiger partial charge in [0.05, 0.1) is 10.6 Å². The average Bonchev–Trinajstić information content (AvgIpc) is 3.10. The first-order valence-electron chi connectivity index (χ1n) is 7.46. The van der Waals surface area contributed by atoms with Crippen LogP contribution in [0.3, 0.4) is 0 Å². The van der Waals surface area contributed by atoms with Crippen LogP contribution in [-0.2, 0) is 36.5 Å². The summed E-state index contributed by atoms with van der Waals surface area (Å²) in [5.41, 5.74) is 2.03. The fourth-order valence-electron chi connectivity index (χ4n) is 2.32. The van der Waals surface area contributed by atoms with E-state index >= 15 is 0 Å². The summed E-state index contributed by atoms with van der Waals surface area (Å²) in [5, 5.41) is 5.85. The van der Waals surface area contributed by atoms with Gasteiger partial charge in [0.15, 0.2) is 0 Å². The number of rotatable bonds is 5. The van der Waals surface area contributed by atoms with Gasteiger partial charge in [-0.25, -0.2) is 13.1 Å². The maximum Gasteiger partial charge on any atom is 0.202 e. The maximum atomic E-state index is 12.5. The van der Waals surface area contributed by atoms with E-state index in [1.165, 1.54) is 23.5 Å². The largest absolute Gasteiger partial charge is 0.428 e. The first kappa shape index (κ1) is 19.8. The predicted octanol–water partition coefficient (Wildman–Crippen LogP) is 3.90. The molecule has 9 heteroatoms. The minimum absolute atomic E-state index is 0. The van der Waals surface area contributed by atoms with E-state index in [2.05, 4.69) is 14.8 Å². The van der Waals surface area contributed by atoms with Crippen molar-refractivity contribution in [3.05, 3.63) is 57.5 Å². The Morgan fingerprint density at radius 3 is 2.48 bits per heavy atom. The third-order valence-corrected chi connectivity index (χ3v) is 5.72. The zero-order valence-corrected chi connectivity index (χ0v) is 18.0. The van der Waals surface area contributed by atoms with Crippen LogP contribution in [0.1, 0.15) is 23.2 Å². The molecule has 0 aliphatic rings. The Kier molecular flexibility index (Phi) is 6.16. The van der Waals surface area contributed by atoms with Gasteiger partial charge in [-0.2, -0.15) is 5.10 Å². The van der Waals surface area contributed by atoms with Crippen molar-refractivity contribution in [2.24, 2.45) is 0 Å². The van der Waals surface area contributed by atoms with Crippen molar-refractivity contribution >= 4 is 27.2 Å². The summed E-state index contributed by atoms with van der Waals surface area (Å²) in [7, 11) is -3.81. The number of aromatic nitrogens is 3. The molecule has 25 heavy (non-hydrogen) atoms. The number of aryl methyl sites for hydroxylation is 3. The number of sulfonamides is 1. The number of benzene rings is 1. The average molecular weight is 554 g/mol. The molecule has 0 aliphatic carbocycles. The van der Waals surface area contributed by atoms with Gasteiger partial charge in [0, 0.05) is 26.3 Å². The molecule has 0 aliphatic heterocycles. The van der Waals surface area contributed by atoms with Crippen LogP contribution in [0.15, 0.2) is 41.4 Å². The molecule has 3 aromatic rings. The van der Waals surface area contributed by atoms with Gasteiger partial charge in [0.1, 0.15) is 5.00 Å². The molecule has 6 nitrogen and oxygen atoms in total. The zero-order chi connectivity index (χ0) is 17.3. The van der Waals surface area contributed by atoms with Crippen LogP contribution < -0.4 is 0 Å². The van der Waals surface area contributed by atoms with E-state index in [0.717, 1.165) is 22.7 Å². The Hall–Kier alpha value is -1.54. The first-order chi connectivity index (χ1) is 11.4. The van der Waals surface area contributed by atoms with E-state index < -0.39 is 10.0 Å².